The van der Waals surface area contributed by atoms with Crippen molar-refractivity contribution in [1.29, 1.82) is 0 Å². The molecule has 2 N–H and O–H groups in total. The quantitative estimate of drug-likeness (QED) is 0.797. The minimum Gasteiger partial charge on any atom is -0.365 e. The number of primary amides is 1. The van der Waals surface area contributed by atoms with Crippen molar-refractivity contribution in [2.24, 2.45) is 5.73 Å². The molecule has 0 unspecified atom stereocenters. The lowest BCUT2D eigenvalue weighted by Crippen LogP contribution is -2.08. The molecule has 0 spiro atoms. The number of hydrogen-bond donors (Lipinski definition) is 1. The molecule has 0 bridgehead atoms. The van der Waals surface area contributed by atoms with Crippen LogP contribution in [0.5, 0.6) is 0 Å². The van der Waals surface area contributed by atoms with Crippen LogP contribution in [0, 0.1) is 0 Å². The third-order valence-corrected chi connectivity index (χ3v) is 4.16. The average Bonchev–Trinajstić information content (AvgIpc) is 2.58. The van der Waals surface area contributed by atoms with E-state index in [0.717, 1.165) is 9.40 Å². The second-order valence-corrected chi connectivity index (χ2v) is 5.07. The van der Waals surface area contributed by atoms with Gasteiger partial charge in [0.15, 0.2) is 5.78 Å². The Bertz CT molecular complexity index is 524. The van der Waals surface area contributed by atoms with Crippen molar-refractivity contribution in [1.82, 2.24) is 0 Å². The number of fused-ring (bicyclic) bond motifs is 1. The maximum atomic E-state index is 11.2. The largest absolute Gasteiger partial charge is 0.365 e. The fourth-order valence-corrected chi connectivity index (χ4v) is 3.40. The highest BCUT2D eigenvalue weighted by atomic mass is 32.2. The van der Waals surface area contributed by atoms with Crippen molar-refractivity contribution in [3.8, 4) is 0 Å². The molecule has 0 aliphatic carbocycles. The molecule has 2 heterocycles. The Morgan fingerprint density at radius 1 is 1.43 bits per heavy atom. The Labute approximate surface area is 88.2 Å². The van der Waals surface area contributed by atoms with Crippen LogP contribution in [0.15, 0.2) is 11.4 Å². The molecule has 0 radical (unpaired) electrons. The third-order valence-electron chi connectivity index (χ3n) is 1.89. The normalized spacial score (nSPS) is 10.6. The lowest BCUT2D eigenvalue weighted by atomic mass is 10.2. The number of Topliss-reactive ketones (excluding diaryl/α,β-unsaturated/α-hetero) is 1. The highest BCUT2D eigenvalue weighted by molar-refractivity contribution is 7.38. The molecular weight excluding hydrogens is 218 g/mol. The van der Waals surface area contributed by atoms with E-state index in [1.807, 2.05) is 5.38 Å². The van der Waals surface area contributed by atoms with Gasteiger partial charge < -0.3 is 5.73 Å². The molecule has 0 aromatic carbocycles. The SMILES string of the molecule is CC(=O)c1csc2sc(C(N)=O)cc12. The molecule has 5 heteroatoms. The van der Waals surface area contributed by atoms with Crippen LogP contribution in [-0.2, 0) is 0 Å². The first-order valence-electron chi connectivity index (χ1n) is 3.91. The summed E-state index contributed by atoms with van der Waals surface area (Å²) in [7, 11) is 0. The number of nitrogens with two attached hydrogens (primary N) is 1. The van der Waals surface area contributed by atoms with Crippen molar-refractivity contribution in [3.63, 3.8) is 0 Å². The molecule has 0 saturated carbocycles. The number of rotatable bonds is 2. The van der Waals surface area contributed by atoms with Crippen molar-refractivity contribution < 1.29 is 9.59 Å². The smallest absolute Gasteiger partial charge is 0.258 e. The van der Waals surface area contributed by atoms with E-state index in [1.165, 1.54) is 29.6 Å². The topological polar surface area (TPSA) is 60.2 Å². The molecule has 0 atom stereocenters. The average molecular weight is 225 g/mol. The first-order valence-corrected chi connectivity index (χ1v) is 5.61. The first kappa shape index (κ1) is 9.36. The van der Waals surface area contributed by atoms with Crippen LogP contribution in [-0.4, -0.2) is 11.7 Å². The van der Waals surface area contributed by atoms with Gasteiger partial charge in [-0.05, 0) is 13.0 Å². The number of thiophene rings is 2. The number of carbonyl (C=O) groups excluding carboxylic acids is 2. The monoisotopic (exact) mass is 225 g/mol. The van der Waals surface area contributed by atoms with Gasteiger partial charge in [0.1, 0.15) is 0 Å². The Morgan fingerprint density at radius 3 is 2.71 bits per heavy atom. The van der Waals surface area contributed by atoms with Crippen LogP contribution in [0.4, 0.5) is 0 Å². The zero-order valence-corrected chi connectivity index (χ0v) is 9.00. The maximum absolute atomic E-state index is 11.2. The van der Waals surface area contributed by atoms with Crippen molar-refractivity contribution in [3.05, 3.63) is 21.9 Å². The van der Waals surface area contributed by atoms with Crippen molar-refractivity contribution in [2.75, 3.05) is 0 Å². The second kappa shape index (κ2) is 3.18. The van der Waals surface area contributed by atoms with Crippen LogP contribution >= 0.6 is 22.7 Å². The summed E-state index contributed by atoms with van der Waals surface area (Å²) < 4.78 is 0.976. The van der Waals surface area contributed by atoms with Gasteiger partial charge in [0, 0.05) is 16.3 Å². The molecule has 2 rings (SSSR count). The van der Waals surface area contributed by atoms with Gasteiger partial charge >= 0.3 is 0 Å². The van der Waals surface area contributed by atoms with E-state index in [9.17, 15) is 9.59 Å². The van der Waals surface area contributed by atoms with E-state index < -0.39 is 5.91 Å². The summed E-state index contributed by atoms with van der Waals surface area (Å²) in [4.78, 5) is 22.6. The van der Waals surface area contributed by atoms with Gasteiger partial charge in [-0.25, -0.2) is 0 Å². The zero-order chi connectivity index (χ0) is 10.3. The van der Waals surface area contributed by atoms with E-state index >= 15 is 0 Å². The van der Waals surface area contributed by atoms with Gasteiger partial charge in [0.2, 0.25) is 0 Å². The summed E-state index contributed by atoms with van der Waals surface area (Å²) in [5, 5.41) is 2.66. The molecule has 0 aliphatic rings. The standard InChI is InChI=1S/C9H7NO2S2/c1-4(11)6-3-13-9-5(6)2-7(14-9)8(10)12/h2-3H,1H3,(H2,10,12). The van der Waals surface area contributed by atoms with Crippen LogP contribution < -0.4 is 5.73 Å². The van der Waals surface area contributed by atoms with E-state index in [0.29, 0.717) is 10.4 Å². The lowest BCUT2D eigenvalue weighted by molar-refractivity contribution is 0.0998. The third kappa shape index (κ3) is 1.34. The summed E-state index contributed by atoms with van der Waals surface area (Å²) in [6.07, 6.45) is 0. The minimum absolute atomic E-state index is 0.0186. The molecule has 0 saturated heterocycles. The molecular formula is C9H7NO2S2. The highest BCUT2D eigenvalue weighted by Gasteiger charge is 2.13. The summed E-state index contributed by atoms with van der Waals surface area (Å²) >= 11 is 2.81. The van der Waals surface area contributed by atoms with Gasteiger partial charge in [-0.3, -0.25) is 9.59 Å². The van der Waals surface area contributed by atoms with Crippen molar-refractivity contribution >= 4 is 43.8 Å². The maximum Gasteiger partial charge on any atom is 0.258 e. The minimum atomic E-state index is -0.437. The first-order chi connectivity index (χ1) is 6.59. The Hall–Kier alpha value is -1.20. The van der Waals surface area contributed by atoms with Crippen LogP contribution in [0.1, 0.15) is 27.0 Å². The van der Waals surface area contributed by atoms with E-state index in [4.69, 9.17) is 5.73 Å². The number of hydrogen-bond acceptors (Lipinski definition) is 4. The van der Waals surface area contributed by atoms with Gasteiger partial charge in [-0.2, -0.15) is 0 Å². The Kier molecular flexibility index (Phi) is 2.13. The molecule has 14 heavy (non-hydrogen) atoms. The van der Waals surface area contributed by atoms with Gasteiger partial charge in [-0.15, -0.1) is 22.7 Å². The number of carbonyl (C=O) groups is 2. The Balaban J connectivity index is 2.67. The number of ketones is 1. The zero-order valence-electron chi connectivity index (χ0n) is 7.37. The predicted octanol–water partition coefficient (Wildman–Crippen LogP) is 2.26. The van der Waals surface area contributed by atoms with E-state index in [2.05, 4.69) is 0 Å². The molecule has 0 fully saturated rings. The van der Waals surface area contributed by atoms with Gasteiger partial charge in [0.05, 0.1) is 8.89 Å². The molecule has 2 aromatic heterocycles. The fraction of sp³-hybridized carbons (Fsp3) is 0.111. The summed E-state index contributed by atoms with van der Waals surface area (Å²) in [5.41, 5.74) is 5.83. The summed E-state index contributed by atoms with van der Waals surface area (Å²) in [6, 6.07) is 1.69. The summed E-state index contributed by atoms with van der Waals surface area (Å²) in [5.74, 6) is -0.419. The Morgan fingerprint density at radius 2 is 2.14 bits per heavy atom. The highest BCUT2D eigenvalue weighted by Crippen LogP contribution is 2.33. The molecule has 3 nitrogen and oxygen atoms in total. The summed E-state index contributed by atoms with van der Waals surface area (Å²) in [6.45, 7) is 1.52. The fourth-order valence-electron chi connectivity index (χ4n) is 1.22. The second-order valence-electron chi connectivity index (χ2n) is 2.88. The number of amides is 1. The van der Waals surface area contributed by atoms with Gasteiger partial charge in [0.25, 0.3) is 5.91 Å². The molecule has 0 aliphatic heterocycles. The van der Waals surface area contributed by atoms with Crippen LogP contribution in [0.3, 0.4) is 0 Å². The van der Waals surface area contributed by atoms with E-state index in [-0.39, 0.29) is 5.78 Å². The lowest BCUT2D eigenvalue weighted by Gasteiger charge is -1.87. The van der Waals surface area contributed by atoms with Crippen molar-refractivity contribution in [2.45, 2.75) is 6.92 Å². The van der Waals surface area contributed by atoms with Gasteiger partial charge in [-0.1, -0.05) is 0 Å². The molecule has 2 aromatic rings. The molecule has 1 amide bonds. The predicted molar refractivity (Wildman–Crippen MR) is 58.2 cm³/mol. The van der Waals surface area contributed by atoms with Crippen LogP contribution in [0.2, 0.25) is 0 Å². The van der Waals surface area contributed by atoms with Crippen LogP contribution in [0.25, 0.3) is 9.40 Å². The molecule has 72 valence electrons. The van der Waals surface area contributed by atoms with E-state index in [1.54, 1.807) is 6.07 Å².